The summed E-state index contributed by atoms with van der Waals surface area (Å²) in [5.41, 5.74) is 0.254. The Hall–Kier alpha value is -1.08. The number of carbonyl (C=O) groups is 1. The molecule has 0 aromatic heterocycles. The molecule has 18 heavy (non-hydrogen) atoms. The molecule has 1 rings (SSSR count). The molecule has 7 heteroatoms. The first kappa shape index (κ1) is 15.0. The SMILES string of the molecule is CC(Br)C(=O)c1cc(OC(F)(F)F)ccc1CO. The van der Waals surface area contributed by atoms with E-state index in [2.05, 4.69) is 20.7 Å². The summed E-state index contributed by atoms with van der Waals surface area (Å²) < 4.78 is 39.9. The Balaban J connectivity index is 3.14. The Morgan fingerprint density at radius 2 is 2.11 bits per heavy atom. The van der Waals surface area contributed by atoms with Crippen molar-refractivity contribution in [3.05, 3.63) is 29.3 Å². The second kappa shape index (κ2) is 5.71. The summed E-state index contributed by atoms with van der Waals surface area (Å²) in [6.45, 7) is 1.11. The zero-order valence-corrected chi connectivity index (χ0v) is 10.9. The van der Waals surface area contributed by atoms with Crippen LogP contribution in [0.4, 0.5) is 13.2 Å². The van der Waals surface area contributed by atoms with Crippen LogP contribution < -0.4 is 4.74 Å². The number of halogens is 4. The number of aliphatic hydroxyl groups is 1. The van der Waals surface area contributed by atoms with Gasteiger partial charge < -0.3 is 9.84 Å². The molecule has 0 aliphatic rings. The van der Waals surface area contributed by atoms with E-state index in [0.29, 0.717) is 0 Å². The zero-order valence-electron chi connectivity index (χ0n) is 9.29. The molecule has 0 aliphatic heterocycles. The highest BCUT2D eigenvalue weighted by Gasteiger charge is 2.31. The van der Waals surface area contributed by atoms with E-state index in [1.165, 1.54) is 6.07 Å². The fourth-order valence-electron chi connectivity index (χ4n) is 1.33. The second-order valence-electron chi connectivity index (χ2n) is 3.51. The minimum absolute atomic E-state index is 0.00336. The minimum Gasteiger partial charge on any atom is -0.406 e. The highest BCUT2D eigenvalue weighted by Crippen LogP contribution is 2.26. The zero-order chi connectivity index (χ0) is 13.9. The van der Waals surface area contributed by atoms with Gasteiger partial charge >= 0.3 is 6.36 Å². The van der Waals surface area contributed by atoms with E-state index in [4.69, 9.17) is 5.11 Å². The van der Waals surface area contributed by atoms with Gasteiger partial charge in [-0.2, -0.15) is 0 Å². The summed E-state index contributed by atoms with van der Waals surface area (Å²) in [6, 6.07) is 3.25. The topological polar surface area (TPSA) is 46.5 Å². The number of benzene rings is 1. The first-order valence-electron chi connectivity index (χ1n) is 4.92. The van der Waals surface area contributed by atoms with Crippen molar-refractivity contribution in [3.63, 3.8) is 0 Å². The summed E-state index contributed by atoms with van der Waals surface area (Å²) >= 11 is 3.03. The van der Waals surface area contributed by atoms with Gasteiger partial charge in [-0.15, -0.1) is 13.2 Å². The molecule has 0 radical (unpaired) electrons. The van der Waals surface area contributed by atoms with Crippen LogP contribution in [0.15, 0.2) is 18.2 Å². The Labute approximate surface area is 110 Å². The number of alkyl halides is 4. The van der Waals surface area contributed by atoms with Crippen molar-refractivity contribution in [1.82, 2.24) is 0 Å². The van der Waals surface area contributed by atoms with Crippen molar-refractivity contribution in [2.45, 2.75) is 24.7 Å². The molecular formula is C11H10BrF3O3. The Kier molecular flexibility index (Phi) is 4.75. The Bertz CT molecular complexity index is 444. The van der Waals surface area contributed by atoms with Crippen LogP contribution in [0.1, 0.15) is 22.8 Å². The van der Waals surface area contributed by atoms with Crippen molar-refractivity contribution in [2.75, 3.05) is 0 Å². The van der Waals surface area contributed by atoms with Crippen LogP contribution in [0, 0.1) is 0 Å². The highest BCUT2D eigenvalue weighted by atomic mass is 79.9. The Morgan fingerprint density at radius 3 is 2.56 bits per heavy atom. The summed E-state index contributed by atoms with van der Waals surface area (Å²) in [7, 11) is 0. The van der Waals surface area contributed by atoms with Gasteiger partial charge in [0, 0.05) is 5.56 Å². The van der Waals surface area contributed by atoms with E-state index in [9.17, 15) is 18.0 Å². The van der Waals surface area contributed by atoms with Crippen LogP contribution in [0.5, 0.6) is 5.75 Å². The smallest absolute Gasteiger partial charge is 0.406 e. The van der Waals surface area contributed by atoms with E-state index in [1.807, 2.05) is 0 Å². The van der Waals surface area contributed by atoms with Gasteiger partial charge in [0.15, 0.2) is 5.78 Å². The Morgan fingerprint density at radius 1 is 1.50 bits per heavy atom. The lowest BCUT2D eigenvalue weighted by molar-refractivity contribution is -0.274. The van der Waals surface area contributed by atoms with Gasteiger partial charge in [0.1, 0.15) is 5.75 Å². The predicted molar refractivity (Wildman–Crippen MR) is 61.8 cm³/mol. The van der Waals surface area contributed by atoms with E-state index < -0.39 is 29.3 Å². The maximum atomic E-state index is 12.0. The predicted octanol–water partition coefficient (Wildman–Crippen LogP) is 3.04. The maximum absolute atomic E-state index is 12.0. The molecule has 1 aromatic carbocycles. The third kappa shape index (κ3) is 3.99. The molecule has 0 saturated heterocycles. The van der Waals surface area contributed by atoms with Crippen molar-refractivity contribution in [3.8, 4) is 5.75 Å². The highest BCUT2D eigenvalue weighted by molar-refractivity contribution is 9.10. The number of aliphatic hydroxyl groups excluding tert-OH is 1. The van der Waals surface area contributed by atoms with Crippen molar-refractivity contribution < 1.29 is 27.8 Å². The average molecular weight is 327 g/mol. The van der Waals surface area contributed by atoms with Crippen LogP contribution in [-0.4, -0.2) is 22.1 Å². The van der Waals surface area contributed by atoms with Crippen LogP contribution in [-0.2, 0) is 6.61 Å². The van der Waals surface area contributed by atoms with E-state index >= 15 is 0 Å². The molecule has 0 amide bonds. The fourth-order valence-corrected chi connectivity index (χ4v) is 1.58. The van der Waals surface area contributed by atoms with Gasteiger partial charge in [-0.3, -0.25) is 4.79 Å². The molecule has 1 N–H and O–H groups in total. The van der Waals surface area contributed by atoms with Crippen molar-refractivity contribution >= 4 is 21.7 Å². The average Bonchev–Trinajstić information content (AvgIpc) is 2.25. The van der Waals surface area contributed by atoms with Crippen molar-refractivity contribution in [2.24, 2.45) is 0 Å². The number of rotatable bonds is 4. The number of ether oxygens (including phenoxy) is 1. The van der Waals surface area contributed by atoms with Gasteiger partial charge in [-0.05, 0) is 24.6 Å². The molecular weight excluding hydrogens is 317 g/mol. The lowest BCUT2D eigenvalue weighted by Crippen LogP contribution is -2.18. The van der Waals surface area contributed by atoms with Gasteiger partial charge in [0.2, 0.25) is 0 Å². The van der Waals surface area contributed by atoms with Gasteiger partial charge in [0.25, 0.3) is 0 Å². The lowest BCUT2D eigenvalue weighted by atomic mass is 10.0. The van der Waals surface area contributed by atoms with Gasteiger partial charge in [-0.25, -0.2) is 0 Å². The monoisotopic (exact) mass is 326 g/mol. The van der Waals surface area contributed by atoms with Gasteiger partial charge in [-0.1, -0.05) is 22.0 Å². The molecule has 3 nitrogen and oxygen atoms in total. The quantitative estimate of drug-likeness (QED) is 0.683. The van der Waals surface area contributed by atoms with Gasteiger partial charge in [0.05, 0.1) is 11.4 Å². The number of hydrogen-bond donors (Lipinski definition) is 1. The first-order chi connectivity index (χ1) is 8.24. The van der Waals surface area contributed by atoms with E-state index in [-0.39, 0.29) is 11.1 Å². The number of carbonyl (C=O) groups excluding carboxylic acids is 1. The largest absolute Gasteiger partial charge is 0.573 e. The fraction of sp³-hybridized carbons (Fsp3) is 0.364. The number of ketones is 1. The molecule has 1 aromatic rings. The van der Waals surface area contributed by atoms with Crippen LogP contribution >= 0.6 is 15.9 Å². The second-order valence-corrected chi connectivity index (χ2v) is 4.88. The van der Waals surface area contributed by atoms with Crippen LogP contribution in [0.3, 0.4) is 0 Å². The lowest BCUT2D eigenvalue weighted by Gasteiger charge is -2.13. The third-order valence-electron chi connectivity index (χ3n) is 2.11. The molecule has 1 unspecified atom stereocenters. The summed E-state index contributed by atoms with van der Waals surface area (Å²) in [6.07, 6.45) is -4.82. The normalized spacial score (nSPS) is 13.2. The first-order valence-corrected chi connectivity index (χ1v) is 5.84. The molecule has 0 fully saturated rings. The standard InChI is InChI=1S/C11H10BrF3O3/c1-6(12)10(17)9-4-8(18-11(13,14)15)3-2-7(9)5-16/h2-4,6,16H,5H2,1H3. The molecule has 0 spiro atoms. The summed E-state index contributed by atoms with van der Waals surface area (Å²) in [5.74, 6) is -0.914. The molecule has 0 heterocycles. The summed E-state index contributed by atoms with van der Waals surface area (Å²) in [4.78, 5) is 11.2. The molecule has 1 atom stereocenters. The van der Waals surface area contributed by atoms with Crippen LogP contribution in [0.2, 0.25) is 0 Å². The molecule has 100 valence electrons. The van der Waals surface area contributed by atoms with Crippen molar-refractivity contribution in [1.29, 1.82) is 0 Å². The summed E-state index contributed by atoms with van der Waals surface area (Å²) in [5, 5.41) is 9.04. The number of Topliss-reactive ketones (excluding diaryl/α,β-unsaturated/α-hetero) is 1. The number of hydrogen-bond acceptors (Lipinski definition) is 3. The van der Waals surface area contributed by atoms with Crippen LogP contribution in [0.25, 0.3) is 0 Å². The maximum Gasteiger partial charge on any atom is 0.573 e. The van der Waals surface area contributed by atoms with E-state index in [0.717, 1.165) is 12.1 Å². The van der Waals surface area contributed by atoms with E-state index in [1.54, 1.807) is 6.92 Å². The molecule has 0 saturated carbocycles. The third-order valence-corrected chi connectivity index (χ3v) is 2.53. The molecule has 0 aliphatic carbocycles. The molecule has 0 bridgehead atoms. The minimum atomic E-state index is -4.82.